The molecule has 78 valence electrons. The highest BCUT2D eigenvalue weighted by Gasteiger charge is 2.25. The van der Waals surface area contributed by atoms with Crippen LogP contribution in [0.25, 0.3) is 0 Å². The van der Waals surface area contributed by atoms with Gasteiger partial charge in [-0.3, -0.25) is 0 Å². The molecular weight excluding hydrogens is 182 g/mol. The molecule has 1 saturated carbocycles. The molecule has 1 unspecified atom stereocenters. The van der Waals surface area contributed by atoms with Gasteiger partial charge in [0.2, 0.25) is 0 Å². The summed E-state index contributed by atoms with van der Waals surface area (Å²) in [6.07, 6.45) is 8.41. The second-order valence-electron chi connectivity index (χ2n) is 4.19. The molecule has 0 spiro atoms. The molecule has 1 fully saturated rings. The maximum atomic E-state index is 4.09. The third kappa shape index (κ3) is 1.82. The first-order valence-electron chi connectivity index (χ1n) is 5.35. The highest BCUT2D eigenvalue weighted by atomic mass is 14.8. The molecule has 0 heterocycles. The largest absolute Gasteiger partial charge is 0.391 e. The van der Waals surface area contributed by atoms with Crippen molar-refractivity contribution in [3.8, 4) is 0 Å². The molecule has 1 nitrogen and oxygen atoms in total. The lowest BCUT2D eigenvalue weighted by Gasteiger charge is -2.18. The second-order valence-corrected chi connectivity index (χ2v) is 4.19. The summed E-state index contributed by atoms with van der Waals surface area (Å²) in [4.78, 5) is 0. The maximum Gasteiger partial charge on any atom is 0.0207 e. The van der Waals surface area contributed by atoms with Crippen LogP contribution in [0.4, 0.5) is 0 Å². The van der Waals surface area contributed by atoms with E-state index < -0.39 is 0 Å². The summed E-state index contributed by atoms with van der Waals surface area (Å²) in [6.45, 7) is 12.8. The van der Waals surface area contributed by atoms with Gasteiger partial charge in [0.05, 0.1) is 0 Å². The van der Waals surface area contributed by atoms with Crippen LogP contribution in [0.3, 0.4) is 0 Å². The van der Waals surface area contributed by atoms with E-state index in [2.05, 4.69) is 37.2 Å². The zero-order chi connectivity index (χ0) is 10.8. The van der Waals surface area contributed by atoms with E-state index in [1.807, 2.05) is 0 Å². The van der Waals surface area contributed by atoms with Gasteiger partial charge in [-0.05, 0) is 47.3 Å². The molecule has 0 bridgehead atoms. The molecule has 0 aromatic rings. The van der Waals surface area contributed by atoms with E-state index in [1.54, 1.807) is 6.20 Å². The van der Waals surface area contributed by atoms with Gasteiger partial charge < -0.3 is 5.32 Å². The van der Waals surface area contributed by atoms with Crippen LogP contribution in [0.15, 0.2) is 60.4 Å². The number of hydrogen-bond donors (Lipinski definition) is 1. The Balaban J connectivity index is 2.16. The number of fused-ring (bicyclic) bond motifs is 1. The lowest BCUT2D eigenvalue weighted by atomic mass is 9.90. The molecule has 0 radical (unpaired) electrons. The van der Waals surface area contributed by atoms with Gasteiger partial charge in [0.15, 0.2) is 0 Å². The number of hydrogen-bond acceptors (Lipinski definition) is 1. The fourth-order valence-corrected chi connectivity index (χ4v) is 2.24. The summed E-state index contributed by atoms with van der Waals surface area (Å²) >= 11 is 0. The summed E-state index contributed by atoms with van der Waals surface area (Å²) in [6, 6.07) is 0. The fraction of sp³-hybridized carbons (Fsp3) is 0.286. The van der Waals surface area contributed by atoms with Crippen molar-refractivity contribution in [3.05, 3.63) is 60.4 Å². The smallest absolute Gasteiger partial charge is 0.0207 e. The molecule has 1 atom stereocenters. The van der Waals surface area contributed by atoms with Gasteiger partial charge in [-0.25, -0.2) is 0 Å². The molecule has 1 N–H and O–H groups in total. The van der Waals surface area contributed by atoms with Crippen molar-refractivity contribution in [2.75, 3.05) is 6.54 Å². The van der Waals surface area contributed by atoms with Crippen molar-refractivity contribution >= 4 is 0 Å². The first kappa shape index (κ1) is 10.0. The summed E-state index contributed by atoms with van der Waals surface area (Å²) in [5.41, 5.74) is 5.09. The van der Waals surface area contributed by atoms with Crippen LogP contribution in [0.2, 0.25) is 0 Å². The van der Waals surface area contributed by atoms with Gasteiger partial charge in [-0.2, -0.15) is 0 Å². The van der Waals surface area contributed by atoms with Crippen molar-refractivity contribution in [2.45, 2.75) is 12.8 Å². The van der Waals surface area contributed by atoms with Crippen LogP contribution in [-0.4, -0.2) is 6.54 Å². The van der Waals surface area contributed by atoms with Crippen molar-refractivity contribution < 1.29 is 0 Å². The maximum absolute atomic E-state index is 4.09. The lowest BCUT2D eigenvalue weighted by molar-refractivity contribution is 0.614. The first-order chi connectivity index (χ1) is 7.22. The normalized spacial score (nSPS) is 24.4. The zero-order valence-electron chi connectivity index (χ0n) is 9.05. The second kappa shape index (κ2) is 3.93. The lowest BCUT2D eigenvalue weighted by Crippen LogP contribution is -2.17. The Hall–Kier alpha value is -1.50. The molecule has 0 aromatic heterocycles. The Bertz CT molecular complexity index is 382. The Morgan fingerprint density at radius 1 is 1.33 bits per heavy atom. The predicted molar refractivity (Wildman–Crippen MR) is 65.4 cm³/mol. The average Bonchev–Trinajstić information content (AvgIpc) is 2.52. The monoisotopic (exact) mass is 199 g/mol. The van der Waals surface area contributed by atoms with Gasteiger partial charge in [0.1, 0.15) is 0 Å². The minimum absolute atomic E-state index is 0.560. The SMILES string of the molecule is C=CNCC1C=C2C(=C)CC(=C)C2=CC1. The molecule has 0 saturated heterocycles. The molecule has 2 aliphatic rings. The fourth-order valence-electron chi connectivity index (χ4n) is 2.24. The van der Waals surface area contributed by atoms with Crippen LogP contribution in [0.5, 0.6) is 0 Å². The quantitative estimate of drug-likeness (QED) is 0.736. The van der Waals surface area contributed by atoms with E-state index in [0.29, 0.717) is 5.92 Å². The van der Waals surface area contributed by atoms with E-state index in [4.69, 9.17) is 0 Å². The molecule has 0 aliphatic heterocycles. The molecule has 0 aromatic carbocycles. The molecule has 15 heavy (non-hydrogen) atoms. The van der Waals surface area contributed by atoms with E-state index in [9.17, 15) is 0 Å². The van der Waals surface area contributed by atoms with E-state index >= 15 is 0 Å². The van der Waals surface area contributed by atoms with E-state index in [-0.39, 0.29) is 0 Å². The highest BCUT2D eigenvalue weighted by molar-refractivity contribution is 5.64. The zero-order valence-corrected chi connectivity index (χ0v) is 9.05. The molecular formula is C14H17N. The van der Waals surface area contributed by atoms with Gasteiger partial charge in [0, 0.05) is 6.54 Å². The molecule has 0 amide bonds. The first-order valence-corrected chi connectivity index (χ1v) is 5.35. The summed E-state index contributed by atoms with van der Waals surface area (Å²) in [5.74, 6) is 0.560. The molecule has 2 rings (SSSR count). The molecule has 2 aliphatic carbocycles. The van der Waals surface area contributed by atoms with Crippen LogP contribution in [0, 0.1) is 5.92 Å². The third-order valence-corrected chi connectivity index (χ3v) is 3.03. The van der Waals surface area contributed by atoms with Crippen LogP contribution in [0.1, 0.15) is 12.8 Å². The average molecular weight is 199 g/mol. The van der Waals surface area contributed by atoms with Crippen LogP contribution >= 0.6 is 0 Å². The van der Waals surface area contributed by atoms with Crippen molar-refractivity contribution in [1.82, 2.24) is 5.32 Å². The van der Waals surface area contributed by atoms with Gasteiger partial charge >= 0.3 is 0 Å². The molecule has 1 heteroatoms. The Kier molecular flexibility index (Phi) is 2.63. The minimum atomic E-state index is 0.560. The van der Waals surface area contributed by atoms with Crippen molar-refractivity contribution in [3.63, 3.8) is 0 Å². The standard InChI is InChI=1S/C14H17N/c1-4-15-9-12-5-6-13-10(2)7-11(3)14(13)8-12/h4,6,8,12,15H,1-3,5,7,9H2. The summed E-state index contributed by atoms with van der Waals surface area (Å²) < 4.78 is 0. The van der Waals surface area contributed by atoms with E-state index in [1.165, 1.54) is 22.3 Å². The predicted octanol–water partition coefficient (Wildman–Crippen LogP) is 3.11. The van der Waals surface area contributed by atoms with Crippen molar-refractivity contribution in [2.24, 2.45) is 5.92 Å². The summed E-state index contributed by atoms with van der Waals surface area (Å²) in [5, 5.41) is 3.16. The number of nitrogens with one attached hydrogen (secondary N) is 1. The van der Waals surface area contributed by atoms with Gasteiger partial charge in [0.25, 0.3) is 0 Å². The topological polar surface area (TPSA) is 12.0 Å². The Morgan fingerprint density at radius 3 is 2.80 bits per heavy atom. The minimum Gasteiger partial charge on any atom is -0.391 e. The van der Waals surface area contributed by atoms with Crippen LogP contribution in [-0.2, 0) is 0 Å². The Labute approximate surface area is 91.6 Å². The van der Waals surface area contributed by atoms with Gasteiger partial charge in [-0.15, -0.1) is 0 Å². The van der Waals surface area contributed by atoms with E-state index in [0.717, 1.165) is 19.4 Å². The third-order valence-electron chi connectivity index (χ3n) is 3.03. The van der Waals surface area contributed by atoms with Crippen molar-refractivity contribution in [1.29, 1.82) is 0 Å². The van der Waals surface area contributed by atoms with Gasteiger partial charge in [-0.1, -0.05) is 31.9 Å². The summed E-state index contributed by atoms with van der Waals surface area (Å²) in [7, 11) is 0. The Morgan fingerprint density at radius 2 is 2.07 bits per heavy atom. The highest BCUT2D eigenvalue weighted by Crippen LogP contribution is 2.41. The number of rotatable bonds is 3. The van der Waals surface area contributed by atoms with Crippen LogP contribution < -0.4 is 5.32 Å². The number of allylic oxidation sites excluding steroid dienone is 5.